The van der Waals surface area contributed by atoms with Crippen molar-refractivity contribution < 1.29 is 4.74 Å². The van der Waals surface area contributed by atoms with Gasteiger partial charge in [-0.15, -0.1) is 0 Å². The van der Waals surface area contributed by atoms with E-state index in [1.165, 1.54) is 4.68 Å². The molecular formula is C17H18ClN5O2. The van der Waals surface area contributed by atoms with Gasteiger partial charge in [-0.25, -0.2) is 4.98 Å². The molecule has 8 heteroatoms. The number of benzene rings is 1. The second-order valence-corrected chi connectivity index (χ2v) is 6.68. The summed E-state index contributed by atoms with van der Waals surface area (Å²) in [6, 6.07) is 7.55. The number of morpholine rings is 1. The molecule has 1 aliphatic rings. The number of aromatic amines is 1. The number of ether oxygens (including phenoxy) is 1. The number of H-pyrrole nitrogens is 1. The Morgan fingerprint density at radius 2 is 1.96 bits per heavy atom. The third-order valence-corrected chi connectivity index (χ3v) is 4.59. The Hall–Kier alpha value is -2.38. The molecule has 1 N–H and O–H groups in total. The minimum Gasteiger partial charge on any atom is -0.372 e. The number of nitrogens with one attached hydrogen (secondary N) is 1. The predicted molar refractivity (Wildman–Crippen MR) is 96.7 cm³/mol. The summed E-state index contributed by atoms with van der Waals surface area (Å²) >= 11 is 6.38. The molecule has 2 atom stereocenters. The lowest BCUT2D eigenvalue weighted by Gasteiger charge is -2.36. The largest absolute Gasteiger partial charge is 0.372 e. The van der Waals surface area contributed by atoms with Gasteiger partial charge in [0.25, 0.3) is 5.56 Å². The monoisotopic (exact) mass is 359 g/mol. The summed E-state index contributed by atoms with van der Waals surface area (Å²) in [6.07, 6.45) is 1.75. The van der Waals surface area contributed by atoms with Crippen LogP contribution in [-0.4, -0.2) is 45.0 Å². The summed E-state index contributed by atoms with van der Waals surface area (Å²) in [5.74, 6) is 0.350. The Morgan fingerprint density at radius 1 is 1.24 bits per heavy atom. The Bertz CT molecular complexity index is 940. The average Bonchev–Trinajstić information content (AvgIpc) is 3.00. The third kappa shape index (κ3) is 2.89. The van der Waals surface area contributed by atoms with Crippen molar-refractivity contribution in [1.82, 2.24) is 19.7 Å². The van der Waals surface area contributed by atoms with Gasteiger partial charge in [-0.1, -0.05) is 23.7 Å². The van der Waals surface area contributed by atoms with E-state index in [1.807, 2.05) is 43.0 Å². The smallest absolute Gasteiger partial charge is 0.295 e. The van der Waals surface area contributed by atoms with Crippen molar-refractivity contribution in [2.24, 2.45) is 0 Å². The van der Waals surface area contributed by atoms with Crippen LogP contribution in [0.3, 0.4) is 0 Å². The predicted octanol–water partition coefficient (Wildman–Crippen LogP) is 2.38. The fourth-order valence-corrected chi connectivity index (χ4v) is 3.46. The standard InChI is InChI=1S/C17H18ClN5O2/c1-10-8-22(9-11(2)25-10)14-7-19-23(16(24)15(14)18)17-20-12-5-3-4-6-13(12)21-17/h3-7,10-11H,8-9H2,1-2H3,(H,20,21). The second-order valence-electron chi connectivity index (χ2n) is 6.30. The zero-order valence-electron chi connectivity index (χ0n) is 13.9. The van der Waals surface area contributed by atoms with E-state index in [9.17, 15) is 4.79 Å². The van der Waals surface area contributed by atoms with Gasteiger partial charge >= 0.3 is 0 Å². The SMILES string of the molecule is CC1CN(c2cnn(-c3nc4ccccc4[nH]3)c(=O)c2Cl)CC(C)O1. The first-order valence-corrected chi connectivity index (χ1v) is 8.54. The van der Waals surface area contributed by atoms with Crippen molar-refractivity contribution in [3.63, 3.8) is 0 Å². The summed E-state index contributed by atoms with van der Waals surface area (Å²) < 4.78 is 6.92. The Labute approximate surface area is 149 Å². The van der Waals surface area contributed by atoms with Crippen molar-refractivity contribution >= 4 is 28.3 Å². The molecule has 3 aromatic rings. The molecule has 0 aliphatic carbocycles. The van der Waals surface area contributed by atoms with Crippen molar-refractivity contribution in [1.29, 1.82) is 0 Å². The molecule has 2 unspecified atom stereocenters. The van der Waals surface area contributed by atoms with Crippen LogP contribution in [0.5, 0.6) is 0 Å². The van der Waals surface area contributed by atoms with Gasteiger partial charge in [0.15, 0.2) is 0 Å². The number of hydrogen-bond acceptors (Lipinski definition) is 5. The highest BCUT2D eigenvalue weighted by Gasteiger charge is 2.25. The van der Waals surface area contributed by atoms with E-state index in [1.54, 1.807) is 6.20 Å². The highest BCUT2D eigenvalue weighted by atomic mass is 35.5. The van der Waals surface area contributed by atoms with Crippen molar-refractivity contribution in [2.45, 2.75) is 26.1 Å². The molecular weight excluding hydrogens is 342 g/mol. The first-order chi connectivity index (χ1) is 12.0. The molecule has 1 saturated heterocycles. The van der Waals surface area contributed by atoms with Crippen LogP contribution in [0.2, 0.25) is 5.02 Å². The normalized spacial score (nSPS) is 21.0. The van der Waals surface area contributed by atoms with E-state index < -0.39 is 5.56 Å². The van der Waals surface area contributed by atoms with Crippen LogP contribution in [0, 0.1) is 0 Å². The number of aromatic nitrogens is 4. The van der Waals surface area contributed by atoms with Gasteiger partial charge in [-0.05, 0) is 26.0 Å². The zero-order chi connectivity index (χ0) is 17.6. The summed E-state index contributed by atoms with van der Waals surface area (Å²) in [5.41, 5.74) is 1.83. The highest BCUT2D eigenvalue weighted by Crippen LogP contribution is 2.25. The number of anilines is 1. The van der Waals surface area contributed by atoms with Crippen LogP contribution in [0.4, 0.5) is 5.69 Å². The number of para-hydroxylation sites is 2. The first kappa shape index (κ1) is 16.1. The third-order valence-electron chi connectivity index (χ3n) is 4.24. The number of halogens is 1. The zero-order valence-corrected chi connectivity index (χ0v) is 14.7. The van der Waals surface area contributed by atoms with Crippen molar-refractivity contribution in [3.05, 3.63) is 45.8 Å². The molecule has 0 spiro atoms. The molecule has 1 aliphatic heterocycles. The molecule has 0 amide bonds. The molecule has 4 rings (SSSR count). The molecule has 2 aromatic heterocycles. The Morgan fingerprint density at radius 3 is 2.68 bits per heavy atom. The maximum Gasteiger partial charge on any atom is 0.295 e. The summed E-state index contributed by atoms with van der Waals surface area (Å²) in [4.78, 5) is 22.3. The average molecular weight is 360 g/mol. The van der Waals surface area contributed by atoms with Gasteiger partial charge in [-0.3, -0.25) is 4.79 Å². The number of nitrogens with zero attached hydrogens (tertiary/aromatic N) is 4. The highest BCUT2D eigenvalue weighted by molar-refractivity contribution is 6.33. The maximum absolute atomic E-state index is 12.7. The van der Waals surface area contributed by atoms with Crippen LogP contribution >= 0.6 is 11.6 Å². The molecule has 130 valence electrons. The summed E-state index contributed by atoms with van der Waals surface area (Å²) in [5, 5.41) is 4.41. The van der Waals surface area contributed by atoms with Crippen LogP contribution in [0.1, 0.15) is 13.8 Å². The minimum absolute atomic E-state index is 0.0672. The van der Waals surface area contributed by atoms with Gasteiger partial charge in [0.2, 0.25) is 5.95 Å². The van der Waals surface area contributed by atoms with Gasteiger partial charge in [0, 0.05) is 13.1 Å². The van der Waals surface area contributed by atoms with Crippen LogP contribution in [-0.2, 0) is 4.74 Å². The molecule has 25 heavy (non-hydrogen) atoms. The van der Waals surface area contributed by atoms with Crippen molar-refractivity contribution in [2.75, 3.05) is 18.0 Å². The van der Waals surface area contributed by atoms with E-state index in [-0.39, 0.29) is 17.2 Å². The molecule has 0 bridgehead atoms. The number of hydrogen-bond donors (Lipinski definition) is 1. The lowest BCUT2D eigenvalue weighted by molar-refractivity contribution is -0.00524. The lowest BCUT2D eigenvalue weighted by Crippen LogP contribution is -2.46. The summed E-state index contributed by atoms with van der Waals surface area (Å²) in [7, 11) is 0. The van der Waals surface area contributed by atoms with E-state index in [2.05, 4.69) is 15.1 Å². The summed E-state index contributed by atoms with van der Waals surface area (Å²) in [6.45, 7) is 5.33. The fraction of sp³-hybridized carbons (Fsp3) is 0.353. The van der Waals surface area contributed by atoms with Crippen LogP contribution in [0.15, 0.2) is 35.3 Å². The van der Waals surface area contributed by atoms with Gasteiger partial charge in [0.1, 0.15) is 5.02 Å². The van der Waals surface area contributed by atoms with Crippen molar-refractivity contribution in [3.8, 4) is 5.95 Å². The lowest BCUT2D eigenvalue weighted by atomic mass is 10.2. The number of imidazole rings is 1. The molecule has 7 nitrogen and oxygen atoms in total. The van der Waals surface area contributed by atoms with E-state index in [0.717, 1.165) is 11.0 Å². The fourth-order valence-electron chi connectivity index (χ4n) is 3.21. The maximum atomic E-state index is 12.7. The molecule has 0 radical (unpaired) electrons. The Kier molecular flexibility index (Phi) is 3.97. The van der Waals surface area contributed by atoms with Gasteiger partial charge < -0.3 is 14.6 Å². The number of rotatable bonds is 2. The topological polar surface area (TPSA) is 76.0 Å². The van der Waals surface area contributed by atoms with E-state index >= 15 is 0 Å². The molecule has 1 aromatic carbocycles. The first-order valence-electron chi connectivity index (χ1n) is 8.16. The molecule has 3 heterocycles. The molecule has 0 saturated carbocycles. The minimum atomic E-state index is -0.398. The Balaban J connectivity index is 1.74. The quantitative estimate of drug-likeness (QED) is 0.760. The van der Waals surface area contributed by atoms with Gasteiger partial charge in [-0.2, -0.15) is 9.78 Å². The van der Waals surface area contributed by atoms with Crippen LogP contribution < -0.4 is 10.5 Å². The van der Waals surface area contributed by atoms with E-state index in [4.69, 9.17) is 16.3 Å². The second kappa shape index (κ2) is 6.16. The van der Waals surface area contributed by atoms with E-state index in [0.29, 0.717) is 24.7 Å². The molecule has 1 fully saturated rings. The van der Waals surface area contributed by atoms with Crippen LogP contribution in [0.25, 0.3) is 17.0 Å². The van der Waals surface area contributed by atoms with Gasteiger partial charge in [0.05, 0.1) is 35.1 Å². The number of fused-ring (bicyclic) bond motifs is 1.